The molecule has 1 fully saturated rings. The van der Waals surface area contributed by atoms with Crippen molar-refractivity contribution in [2.75, 3.05) is 12.9 Å². The SMILES string of the molecule is COC(=O)C1(CS(=O)(=O)N[C@@H](CC(C)C)C(=O)O)CCCCC1. The Balaban J connectivity index is 2.92. The number of carbonyl (C=O) groups excluding carboxylic acids is 1. The summed E-state index contributed by atoms with van der Waals surface area (Å²) in [6, 6.07) is -1.18. The number of rotatable bonds is 8. The van der Waals surface area contributed by atoms with Crippen molar-refractivity contribution in [3.05, 3.63) is 0 Å². The van der Waals surface area contributed by atoms with Crippen molar-refractivity contribution in [2.24, 2.45) is 11.3 Å². The molecular formula is C15H27NO6S. The van der Waals surface area contributed by atoms with Gasteiger partial charge in [0.2, 0.25) is 10.0 Å². The van der Waals surface area contributed by atoms with E-state index in [1.165, 1.54) is 7.11 Å². The molecule has 2 N–H and O–H groups in total. The third kappa shape index (κ3) is 5.76. The van der Waals surface area contributed by atoms with Gasteiger partial charge in [-0.1, -0.05) is 33.1 Å². The summed E-state index contributed by atoms with van der Waals surface area (Å²) in [7, 11) is -2.67. The molecule has 0 radical (unpaired) electrons. The number of ether oxygens (including phenoxy) is 1. The standard InChI is InChI=1S/C15H27NO6S/c1-11(2)9-12(13(17)18)16-23(20,21)10-15(14(19)22-3)7-5-4-6-8-15/h11-12,16H,4-10H2,1-3H3,(H,17,18)/t12-/m0/s1. The minimum Gasteiger partial charge on any atom is -0.480 e. The molecule has 0 unspecified atom stereocenters. The average molecular weight is 349 g/mol. The predicted molar refractivity (Wildman–Crippen MR) is 85.3 cm³/mol. The zero-order chi connectivity index (χ0) is 17.7. The number of methoxy groups -OCH3 is 1. The quantitative estimate of drug-likeness (QED) is 0.643. The van der Waals surface area contributed by atoms with E-state index >= 15 is 0 Å². The van der Waals surface area contributed by atoms with Gasteiger partial charge in [0.25, 0.3) is 0 Å². The number of aliphatic carboxylic acids is 1. The fourth-order valence-corrected chi connectivity index (χ4v) is 4.99. The highest BCUT2D eigenvalue weighted by Crippen LogP contribution is 2.38. The third-order valence-corrected chi connectivity index (χ3v) is 5.80. The lowest BCUT2D eigenvalue weighted by Gasteiger charge is -2.34. The molecule has 1 atom stereocenters. The molecule has 0 spiro atoms. The summed E-state index contributed by atoms with van der Waals surface area (Å²) in [5.74, 6) is -2.13. The number of carboxylic acids is 1. The van der Waals surface area contributed by atoms with E-state index in [4.69, 9.17) is 4.74 Å². The molecular weight excluding hydrogens is 322 g/mol. The molecule has 0 heterocycles. The Labute approximate surface area is 137 Å². The number of carboxylic acid groups (broad SMARTS) is 1. The Hall–Kier alpha value is -1.15. The van der Waals surface area contributed by atoms with Gasteiger partial charge in [0.05, 0.1) is 18.3 Å². The van der Waals surface area contributed by atoms with Gasteiger partial charge < -0.3 is 9.84 Å². The van der Waals surface area contributed by atoms with Crippen molar-refractivity contribution in [2.45, 2.75) is 58.4 Å². The molecule has 0 aliphatic heterocycles. The number of carbonyl (C=O) groups is 2. The van der Waals surface area contributed by atoms with Crippen molar-refractivity contribution in [1.82, 2.24) is 4.72 Å². The van der Waals surface area contributed by atoms with Gasteiger partial charge in [-0.05, 0) is 25.2 Å². The zero-order valence-corrected chi connectivity index (χ0v) is 14.8. The summed E-state index contributed by atoms with van der Waals surface area (Å²) in [5.41, 5.74) is -1.07. The van der Waals surface area contributed by atoms with Crippen LogP contribution in [-0.2, 0) is 24.3 Å². The zero-order valence-electron chi connectivity index (χ0n) is 14.0. The average Bonchev–Trinajstić information content (AvgIpc) is 2.45. The highest BCUT2D eigenvalue weighted by Gasteiger charge is 2.45. The van der Waals surface area contributed by atoms with Gasteiger partial charge in [-0.25, -0.2) is 13.1 Å². The van der Waals surface area contributed by atoms with Crippen LogP contribution in [0.5, 0.6) is 0 Å². The summed E-state index contributed by atoms with van der Waals surface area (Å²) < 4.78 is 31.9. The van der Waals surface area contributed by atoms with E-state index in [0.717, 1.165) is 19.3 Å². The fraction of sp³-hybridized carbons (Fsp3) is 0.867. The maximum Gasteiger partial charge on any atom is 0.321 e. The first-order valence-corrected chi connectivity index (χ1v) is 9.58. The van der Waals surface area contributed by atoms with Crippen molar-refractivity contribution < 1.29 is 27.9 Å². The maximum absolute atomic E-state index is 12.4. The van der Waals surface area contributed by atoms with Crippen molar-refractivity contribution >= 4 is 22.0 Å². The summed E-state index contributed by atoms with van der Waals surface area (Å²) >= 11 is 0. The van der Waals surface area contributed by atoms with Crippen molar-refractivity contribution in [3.63, 3.8) is 0 Å². The van der Waals surface area contributed by atoms with Gasteiger partial charge in [0, 0.05) is 0 Å². The van der Waals surface area contributed by atoms with E-state index in [9.17, 15) is 23.1 Å². The lowest BCUT2D eigenvalue weighted by molar-refractivity contribution is -0.153. The molecule has 0 bridgehead atoms. The number of esters is 1. The Morgan fingerprint density at radius 2 is 1.78 bits per heavy atom. The molecule has 0 aromatic carbocycles. The number of hydrogen-bond donors (Lipinski definition) is 2. The summed E-state index contributed by atoms with van der Waals surface area (Å²) in [6.07, 6.45) is 3.57. The van der Waals surface area contributed by atoms with Gasteiger partial charge in [0.15, 0.2) is 0 Å². The molecule has 7 nitrogen and oxygen atoms in total. The van der Waals surface area contributed by atoms with E-state index in [0.29, 0.717) is 12.8 Å². The van der Waals surface area contributed by atoms with Gasteiger partial charge in [-0.3, -0.25) is 9.59 Å². The molecule has 1 rings (SSSR count). The van der Waals surface area contributed by atoms with Crippen LogP contribution >= 0.6 is 0 Å². The molecule has 1 aliphatic rings. The van der Waals surface area contributed by atoms with Gasteiger partial charge in [0.1, 0.15) is 6.04 Å². The minimum absolute atomic E-state index is 0.0306. The molecule has 23 heavy (non-hydrogen) atoms. The van der Waals surface area contributed by atoms with Crippen LogP contribution in [0.25, 0.3) is 0 Å². The van der Waals surface area contributed by atoms with Crippen LogP contribution in [0.1, 0.15) is 52.4 Å². The largest absolute Gasteiger partial charge is 0.480 e. The van der Waals surface area contributed by atoms with Gasteiger partial charge in [-0.15, -0.1) is 0 Å². The monoisotopic (exact) mass is 349 g/mol. The second kappa shape index (κ2) is 8.10. The van der Waals surface area contributed by atoms with Gasteiger partial charge in [-0.2, -0.15) is 0 Å². The van der Waals surface area contributed by atoms with Crippen molar-refractivity contribution in [1.29, 1.82) is 0 Å². The van der Waals surface area contributed by atoms with Crippen LogP contribution in [0.2, 0.25) is 0 Å². The van der Waals surface area contributed by atoms with E-state index < -0.39 is 39.2 Å². The highest BCUT2D eigenvalue weighted by atomic mass is 32.2. The Morgan fingerprint density at radius 3 is 2.22 bits per heavy atom. The molecule has 1 saturated carbocycles. The van der Waals surface area contributed by atoms with E-state index in [1.54, 1.807) is 0 Å². The second-order valence-electron chi connectivity index (χ2n) is 6.73. The number of hydrogen-bond acceptors (Lipinski definition) is 5. The maximum atomic E-state index is 12.4. The van der Waals surface area contributed by atoms with E-state index in [1.807, 2.05) is 13.8 Å². The Morgan fingerprint density at radius 1 is 1.22 bits per heavy atom. The van der Waals surface area contributed by atoms with Crippen LogP contribution in [0.4, 0.5) is 0 Å². The normalized spacial score (nSPS) is 19.3. The fourth-order valence-electron chi connectivity index (χ4n) is 3.15. The van der Waals surface area contributed by atoms with E-state index in [2.05, 4.69) is 4.72 Å². The summed E-state index contributed by atoms with van der Waals surface area (Å²) in [5, 5.41) is 9.19. The molecule has 0 aromatic rings. The lowest BCUT2D eigenvalue weighted by atomic mass is 9.75. The highest BCUT2D eigenvalue weighted by molar-refractivity contribution is 7.89. The van der Waals surface area contributed by atoms with Crippen LogP contribution in [-0.4, -0.2) is 44.4 Å². The van der Waals surface area contributed by atoms with Crippen LogP contribution in [0.15, 0.2) is 0 Å². The number of sulfonamides is 1. The molecule has 8 heteroatoms. The third-order valence-electron chi connectivity index (χ3n) is 4.22. The van der Waals surface area contributed by atoms with Crippen LogP contribution < -0.4 is 4.72 Å². The number of nitrogens with one attached hydrogen (secondary N) is 1. The summed E-state index contributed by atoms with van der Waals surface area (Å²) in [6.45, 7) is 3.64. The summed E-state index contributed by atoms with van der Waals surface area (Å²) in [4.78, 5) is 23.4. The molecule has 0 aromatic heterocycles. The molecule has 1 aliphatic carbocycles. The first-order valence-electron chi connectivity index (χ1n) is 7.93. The smallest absolute Gasteiger partial charge is 0.321 e. The van der Waals surface area contributed by atoms with Gasteiger partial charge >= 0.3 is 11.9 Å². The van der Waals surface area contributed by atoms with E-state index in [-0.39, 0.29) is 12.3 Å². The predicted octanol–water partition coefficient (Wildman–Crippen LogP) is 1.53. The van der Waals surface area contributed by atoms with Crippen molar-refractivity contribution in [3.8, 4) is 0 Å². The Bertz CT molecular complexity index is 522. The second-order valence-corrected chi connectivity index (χ2v) is 8.48. The molecule has 0 amide bonds. The first-order chi connectivity index (χ1) is 10.6. The minimum atomic E-state index is -3.92. The molecule has 134 valence electrons. The topological polar surface area (TPSA) is 110 Å². The van der Waals surface area contributed by atoms with Crippen LogP contribution in [0.3, 0.4) is 0 Å². The Kier molecular flexibility index (Phi) is 7.01. The van der Waals surface area contributed by atoms with Crippen LogP contribution in [0, 0.1) is 11.3 Å². The first kappa shape index (κ1) is 19.9. The molecule has 0 saturated heterocycles. The lowest BCUT2D eigenvalue weighted by Crippen LogP contribution is -2.48.